The molecule has 4 nitrogen and oxygen atoms in total. The summed E-state index contributed by atoms with van der Waals surface area (Å²) >= 11 is 0. The van der Waals surface area contributed by atoms with Gasteiger partial charge in [-0.25, -0.2) is 5.84 Å². The maximum Gasteiger partial charge on any atom is 0.261 e. The molecule has 0 fully saturated rings. The molecule has 0 aliphatic carbocycles. The van der Waals surface area contributed by atoms with Gasteiger partial charge in [-0.2, -0.15) is 0 Å². The first-order valence-corrected chi connectivity index (χ1v) is 8.72. The van der Waals surface area contributed by atoms with E-state index in [1.54, 1.807) is 0 Å². The molecule has 0 heterocycles. The Balaban J connectivity index is 4.06. The van der Waals surface area contributed by atoms with Gasteiger partial charge in [0.1, 0.15) is 6.29 Å². The van der Waals surface area contributed by atoms with Crippen LogP contribution in [-0.2, 0) is 9.59 Å². The highest BCUT2D eigenvalue weighted by molar-refractivity contribution is 5.93. The van der Waals surface area contributed by atoms with E-state index in [9.17, 15) is 9.59 Å². The second kappa shape index (κ2) is 13.5. The summed E-state index contributed by atoms with van der Waals surface area (Å²) in [6.07, 6.45) is 11.5. The van der Waals surface area contributed by atoms with E-state index in [-0.39, 0.29) is 5.91 Å². The molecule has 0 radical (unpaired) electrons. The van der Waals surface area contributed by atoms with Gasteiger partial charge in [0.25, 0.3) is 5.91 Å². The van der Waals surface area contributed by atoms with Gasteiger partial charge in [-0.05, 0) is 38.5 Å². The number of hydrogen-bond donors (Lipinski definition) is 2. The first-order chi connectivity index (χ1) is 10.6. The maximum atomic E-state index is 11.9. The first-order valence-electron chi connectivity index (χ1n) is 8.72. The quantitative estimate of drug-likeness (QED) is 0.135. The SMILES string of the molecule is CCC(C)/C(C)=C(/CCCCCCCCCC=O)C(=O)NN. The molecule has 1 unspecified atom stereocenters. The van der Waals surface area contributed by atoms with Crippen LogP contribution in [0.4, 0.5) is 0 Å². The van der Waals surface area contributed by atoms with Crippen molar-refractivity contribution in [3.05, 3.63) is 11.1 Å². The van der Waals surface area contributed by atoms with Crippen LogP contribution in [0.1, 0.15) is 85.0 Å². The number of nitrogens with one attached hydrogen (secondary N) is 1. The molecule has 128 valence electrons. The Kier molecular flexibility index (Phi) is 12.8. The number of nitrogens with two attached hydrogens (primary N) is 1. The normalized spacial score (nSPS) is 13.5. The van der Waals surface area contributed by atoms with Crippen molar-refractivity contribution >= 4 is 12.2 Å². The topological polar surface area (TPSA) is 72.2 Å². The summed E-state index contributed by atoms with van der Waals surface area (Å²) < 4.78 is 0. The Hall–Kier alpha value is -1.16. The highest BCUT2D eigenvalue weighted by atomic mass is 16.2. The van der Waals surface area contributed by atoms with Crippen LogP contribution in [0.2, 0.25) is 0 Å². The number of carbonyl (C=O) groups is 2. The molecular formula is C18H34N2O2. The van der Waals surface area contributed by atoms with Crippen molar-refractivity contribution in [1.29, 1.82) is 0 Å². The molecule has 0 spiro atoms. The van der Waals surface area contributed by atoms with Crippen LogP contribution in [0.3, 0.4) is 0 Å². The molecule has 0 aliphatic heterocycles. The summed E-state index contributed by atoms with van der Waals surface area (Å²) in [6.45, 7) is 6.33. The predicted octanol–water partition coefficient (Wildman–Crippen LogP) is 4.05. The lowest BCUT2D eigenvalue weighted by Crippen LogP contribution is -2.32. The Bertz CT molecular complexity index is 351. The van der Waals surface area contributed by atoms with Gasteiger partial charge >= 0.3 is 0 Å². The minimum atomic E-state index is -0.133. The third-order valence-corrected chi connectivity index (χ3v) is 4.48. The van der Waals surface area contributed by atoms with E-state index in [4.69, 9.17) is 5.84 Å². The van der Waals surface area contributed by atoms with E-state index in [0.717, 1.165) is 50.4 Å². The largest absolute Gasteiger partial charge is 0.303 e. The fourth-order valence-corrected chi connectivity index (χ4v) is 2.59. The number of unbranched alkanes of at least 4 members (excludes halogenated alkanes) is 7. The zero-order valence-corrected chi connectivity index (χ0v) is 14.6. The zero-order chi connectivity index (χ0) is 16.8. The van der Waals surface area contributed by atoms with Crippen LogP contribution < -0.4 is 11.3 Å². The minimum Gasteiger partial charge on any atom is -0.303 e. The van der Waals surface area contributed by atoms with E-state index in [1.165, 1.54) is 24.8 Å². The number of allylic oxidation sites excluding steroid dienone is 1. The highest BCUT2D eigenvalue weighted by Crippen LogP contribution is 2.22. The fraction of sp³-hybridized carbons (Fsp3) is 0.778. The Morgan fingerprint density at radius 2 is 1.64 bits per heavy atom. The second-order valence-electron chi connectivity index (χ2n) is 6.12. The lowest BCUT2D eigenvalue weighted by Gasteiger charge is -2.16. The molecule has 0 bridgehead atoms. The van der Waals surface area contributed by atoms with Gasteiger partial charge in [-0.15, -0.1) is 0 Å². The van der Waals surface area contributed by atoms with Gasteiger partial charge in [-0.1, -0.05) is 51.5 Å². The van der Waals surface area contributed by atoms with Crippen molar-refractivity contribution in [3.63, 3.8) is 0 Å². The van der Waals surface area contributed by atoms with Gasteiger partial charge < -0.3 is 4.79 Å². The Morgan fingerprint density at radius 3 is 2.14 bits per heavy atom. The van der Waals surface area contributed by atoms with Crippen molar-refractivity contribution in [2.75, 3.05) is 0 Å². The molecule has 0 aromatic rings. The van der Waals surface area contributed by atoms with Crippen molar-refractivity contribution in [2.24, 2.45) is 11.8 Å². The average molecular weight is 310 g/mol. The molecule has 0 aromatic heterocycles. The number of carbonyl (C=O) groups excluding carboxylic acids is 2. The van der Waals surface area contributed by atoms with Gasteiger partial charge in [0.2, 0.25) is 0 Å². The summed E-state index contributed by atoms with van der Waals surface area (Å²) in [5.74, 6) is 5.59. The molecule has 4 heteroatoms. The number of amides is 1. The first kappa shape index (κ1) is 20.8. The van der Waals surface area contributed by atoms with Crippen molar-refractivity contribution in [1.82, 2.24) is 5.43 Å². The van der Waals surface area contributed by atoms with E-state index in [0.29, 0.717) is 12.3 Å². The van der Waals surface area contributed by atoms with E-state index in [1.807, 2.05) is 6.92 Å². The van der Waals surface area contributed by atoms with E-state index in [2.05, 4.69) is 19.3 Å². The lowest BCUT2D eigenvalue weighted by atomic mass is 9.91. The molecule has 0 saturated heterocycles. The number of aldehydes is 1. The summed E-state index contributed by atoms with van der Waals surface area (Å²) in [5, 5.41) is 0. The summed E-state index contributed by atoms with van der Waals surface area (Å²) in [4.78, 5) is 22.1. The van der Waals surface area contributed by atoms with Crippen LogP contribution in [0, 0.1) is 5.92 Å². The lowest BCUT2D eigenvalue weighted by molar-refractivity contribution is -0.117. The molecular weight excluding hydrogens is 276 g/mol. The van der Waals surface area contributed by atoms with E-state index >= 15 is 0 Å². The van der Waals surface area contributed by atoms with Gasteiger partial charge in [0, 0.05) is 12.0 Å². The number of hydrogen-bond acceptors (Lipinski definition) is 3. The second-order valence-corrected chi connectivity index (χ2v) is 6.12. The van der Waals surface area contributed by atoms with Gasteiger partial charge in [-0.3, -0.25) is 10.2 Å². The van der Waals surface area contributed by atoms with Crippen LogP contribution in [0.15, 0.2) is 11.1 Å². The molecule has 22 heavy (non-hydrogen) atoms. The van der Waals surface area contributed by atoms with Gasteiger partial charge in [0.05, 0.1) is 0 Å². The summed E-state index contributed by atoms with van der Waals surface area (Å²) in [6, 6.07) is 0. The summed E-state index contributed by atoms with van der Waals surface area (Å²) in [7, 11) is 0. The van der Waals surface area contributed by atoms with Crippen molar-refractivity contribution in [3.8, 4) is 0 Å². The highest BCUT2D eigenvalue weighted by Gasteiger charge is 2.14. The molecule has 1 amide bonds. The average Bonchev–Trinajstić information content (AvgIpc) is 2.54. The van der Waals surface area contributed by atoms with Crippen molar-refractivity contribution in [2.45, 2.75) is 85.0 Å². The fourth-order valence-electron chi connectivity index (χ4n) is 2.59. The van der Waals surface area contributed by atoms with Crippen LogP contribution in [-0.4, -0.2) is 12.2 Å². The molecule has 3 N–H and O–H groups in total. The predicted molar refractivity (Wildman–Crippen MR) is 92.1 cm³/mol. The maximum absolute atomic E-state index is 11.9. The van der Waals surface area contributed by atoms with Crippen LogP contribution >= 0.6 is 0 Å². The van der Waals surface area contributed by atoms with Crippen LogP contribution in [0.5, 0.6) is 0 Å². The third kappa shape index (κ3) is 8.98. The Morgan fingerprint density at radius 1 is 1.09 bits per heavy atom. The van der Waals surface area contributed by atoms with E-state index < -0.39 is 0 Å². The zero-order valence-electron chi connectivity index (χ0n) is 14.6. The summed E-state index contributed by atoms with van der Waals surface area (Å²) in [5.41, 5.74) is 4.31. The monoisotopic (exact) mass is 310 g/mol. The molecule has 0 saturated carbocycles. The Labute approximate surface area is 135 Å². The number of rotatable bonds is 13. The molecule has 1 atom stereocenters. The number of hydrazine groups is 1. The molecule has 0 rings (SSSR count). The van der Waals surface area contributed by atoms with Crippen molar-refractivity contribution < 1.29 is 9.59 Å². The van der Waals surface area contributed by atoms with Crippen LogP contribution in [0.25, 0.3) is 0 Å². The smallest absolute Gasteiger partial charge is 0.261 e. The molecule has 0 aromatic carbocycles. The molecule has 0 aliphatic rings. The minimum absolute atomic E-state index is 0.133. The standard InChI is InChI=1S/C18H34N2O2/c1-4-15(2)16(3)17(18(22)20-19)13-11-9-7-5-6-8-10-12-14-21/h14-15H,4-13,19H2,1-3H3,(H,20,22)/b17-16-. The van der Waals surface area contributed by atoms with Gasteiger partial charge in [0.15, 0.2) is 0 Å². The third-order valence-electron chi connectivity index (χ3n) is 4.48.